The third kappa shape index (κ3) is 4.06. The van der Waals surface area contributed by atoms with E-state index in [9.17, 15) is 10.1 Å². The van der Waals surface area contributed by atoms with Gasteiger partial charge in [0.2, 0.25) is 5.89 Å². The molecule has 1 aromatic carbocycles. The number of fused-ring (bicyclic) bond motifs is 1. The molecule has 1 amide bonds. The SMILES string of the molecule is Cc1noc(C(C)(C)CN2CC3(CCC[C@H](Cn4cnc5ccc(C#N)cc54)C3)OC2=O)n1. The molecular weight excluding hydrogens is 420 g/mol. The van der Waals surface area contributed by atoms with E-state index in [1.165, 1.54) is 0 Å². The van der Waals surface area contributed by atoms with Crippen molar-refractivity contribution in [3.05, 3.63) is 41.8 Å². The fraction of sp³-hybridized carbons (Fsp3) is 0.542. The Morgan fingerprint density at radius 3 is 2.97 bits per heavy atom. The molecule has 0 radical (unpaired) electrons. The van der Waals surface area contributed by atoms with Crippen LogP contribution in [0.5, 0.6) is 0 Å². The Balaban J connectivity index is 1.29. The Bertz CT molecular complexity index is 1240. The van der Waals surface area contributed by atoms with Gasteiger partial charge in [-0.25, -0.2) is 9.78 Å². The summed E-state index contributed by atoms with van der Waals surface area (Å²) < 4.78 is 13.5. The van der Waals surface area contributed by atoms with E-state index >= 15 is 0 Å². The van der Waals surface area contributed by atoms with Gasteiger partial charge in [0, 0.05) is 13.1 Å². The molecule has 172 valence electrons. The lowest BCUT2D eigenvalue weighted by molar-refractivity contribution is 0.00413. The molecule has 5 rings (SSSR count). The number of hydrogen-bond donors (Lipinski definition) is 0. The highest BCUT2D eigenvalue weighted by atomic mass is 16.6. The molecule has 1 saturated carbocycles. The lowest BCUT2D eigenvalue weighted by Gasteiger charge is -2.36. The van der Waals surface area contributed by atoms with Crippen LogP contribution in [-0.4, -0.2) is 49.4 Å². The molecule has 9 heteroatoms. The molecule has 2 fully saturated rings. The number of amides is 1. The van der Waals surface area contributed by atoms with Gasteiger partial charge >= 0.3 is 6.09 Å². The summed E-state index contributed by atoms with van der Waals surface area (Å²) in [6, 6.07) is 7.77. The summed E-state index contributed by atoms with van der Waals surface area (Å²) in [7, 11) is 0. The number of aromatic nitrogens is 4. The second kappa shape index (κ2) is 7.87. The number of nitriles is 1. The topological polar surface area (TPSA) is 110 Å². The molecule has 0 N–H and O–H groups in total. The Morgan fingerprint density at radius 2 is 2.21 bits per heavy atom. The molecule has 9 nitrogen and oxygen atoms in total. The zero-order valence-electron chi connectivity index (χ0n) is 19.2. The molecule has 1 aliphatic heterocycles. The summed E-state index contributed by atoms with van der Waals surface area (Å²) in [6.07, 6.45) is 5.33. The number of ether oxygens (including phenoxy) is 1. The summed E-state index contributed by atoms with van der Waals surface area (Å²) in [4.78, 5) is 23.5. The minimum atomic E-state index is -0.464. The van der Waals surface area contributed by atoms with Crippen molar-refractivity contribution in [3.63, 3.8) is 0 Å². The number of aryl methyl sites for hydroxylation is 1. The van der Waals surface area contributed by atoms with E-state index in [-0.39, 0.29) is 6.09 Å². The molecule has 3 heterocycles. The summed E-state index contributed by atoms with van der Waals surface area (Å²) in [5, 5.41) is 13.1. The van der Waals surface area contributed by atoms with Crippen molar-refractivity contribution in [3.8, 4) is 6.07 Å². The number of benzene rings is 1. The molecule has 3 aromatic rings. The monoisotopic (exact) mass is 448 g/mol. The van der Waals surface area contributed by atoms with Crippen LogP contribution < -0.4 is 0 Å². The molecule has 1 unspecified atom stereocenters. The second-order valence-electron chi connectivity index (χ2n) is 10.1. The first-order valence-corrected chi connectivity index (χ1v) is 11.4. The minimum absolute atomic E-state index is 0.272. The quantitative estimate of drug-likeness (QED) is 0.581. The number of carbonyl (C=O) groups is 1. The first-order valence-electron chi connectivity index (χ1n) is 11.4. The molecule has 1 aliphatic carbocycles. The van der Waals surface area contributed by atoms with E-state index in [0.717, 1.165) is 43.3 Å². The maximum atomic E-state index is 12.8. The van der Waals surface area contributed by atoms with E-state index in [0.29, 0.717) is 36.3 Å². The van der Waals surface area contributed by atoms with Crippen LogP contribution in [-0.2, 0) is 16.7 Å². The minimum Gasteiger partial charge on any atom is -0.441 e. The van der Waals surface area contributed by atoms with Gasteiger partial charge in [0.05, 0.1) is 41.0 Å². The van der Waals surface area contributed by atoms with Gasteiger partial charge in [-0.1, -0.05) is 5.16 Å². The standard InChI is InChI=1S/C24H28N6O3/c1-16-27-21(33-28-16)23(2,3)13-30-14-24(32-22(30)31)8-4-5-18(10-24)12-29-15-26-19-7-6-17(11-25)9-20(19)29/h6-7,9,15,18H,4-5,8,10,12-14H2,1-3H3/t18-,24?/m0/s1. The maximum Gasteiger partial charge on any atom is 0.410 e. The Morgan fingerprint density at radius 1 is 1.36 bits per heavy atom. The molecular formula is C24H28N6O3. The van der Waals surface area contributed by atoms with Crippen molar-refractivity contribution in [2.24, 2.45) is 5.92 Å². The Labute approximate surface area is 192 Å². The molecule has 2 aromatic heterocycles. The fourth-order valence-corrected chi connectivity index (χ4v) is 5.32. The lowest BCUT2D eigenvalue weighted by Crippen LogP contribution is -2.43. The van der Waals surface area contributed by atoms with Crippen molar-refractivity contribution in [1.29, 1.82) is 5.26 Å². The number of imidazole rings is 1. The zero-order chi connectivity index (χ0) is 23.2. The van der Waals surface area contributed by atoms with Gasteiger partial charge in [-0.05, 0) is 70.6 Å². The van der Waals surface area contributed by atoms with Crippen LogP contribution in [0, 0.1) is 24.2 Å². The summed E-state index contributed by atoms with van der Waals surface area (Å²) in [6.45, 7) is 7.61. The van der Waals surface area contributed by atoms with Gasteiger partial charge in [-0.3, -0.25) is 0 Å². The van der Waals surface area contributed by atoms with E-state index in [4.69, 9.17) is 9.26 Å². The third-order valence-corrected chi connectivity index (χ3v) is 6.84. The highest BCUT2D eigenvalue weighted by molar-refractivity contribution is 5.77. The van der Waals surface area contributed by atoms with Gasteiger partial charge in [-0.15, -0.1) is 0 Å². The first kappa shape index (κ1) is 21.4. The van der Waals surface area contributed by atoms with Gasteiger partial charge in [-0.2, -0.15) is 10.2 Å². The average Bonchev–Trinajstić information content (AvgIpc) is 3.46. The molecule has 1 saturated heterocycles. The highest BCUT2D eigenvalue weighted by Gasteiger charge is 2.49. The molecule has 0 bridgehead atoms. The molecule has 1 spiro atoms. The second-order valence-corrected chi connectivity index (χ2v) is 10.1. The number of carbonyl (C=O) groups excluding carboxylic acids is 1. The van der Waals surface area contributed by atoms with Crippen molar-refractivity contribution < 1.29 is 14.1 Å². The van der Waals surface area contributed by atoms with E-state index in [1.807, 2.05) is 32.3 Å². The van der Waals surface area contributed by atoms with Crippen molar-refractivity contribution in [1.82, 2.24) is 24.6 Å². The normalized spacial score (nSPS) is 23.3. The number of rotatable bonds is 5. The maximum absolute atomic E-state index is 12.8. The third-order valence-electron chi connectivity index (χ3n) is 6.84. The smallest absolute Gasteiger partial charge is 0.410 e. The number of nitrogens with zero attached hydrogens (tertiary/aromatic N) is 6. The fourth-order valence-electron chi connectivity index (χ4n) is 5.32. The van der Waals surface area contributed by atoms with Crippen LogP contribution in [0.2, 0.25) is 0 Å². The van der Waals surface area contributed by atoms with Crippen molar-refractivity contribution in [2.75, 3.05) is 13.1 Å². The van der Waals surface area contributed by atoms with Gasteiger partial charge in [0.25, 0.3) is 0 Å². The van der Waals surface area contributed by atoms with E-state index in [1.54, 1.807) is 17.9 Å². The molecule has 33 heavy (non-hydrogen) atoms. The highest BCUT2D eigenvalue weighted by Crippen LogP contribution is 2.41. The predicted molar refractivity (Wildman–Crippen MR) is 119 cm³/mol. The summed E-state index contributed by atoms with van der Waals surface area (Å²) in [5.74, 6) is 1.47. The van der Waals surface area contributed by atoms with Gasteiger partial charge in [0.15, 0.2) is 5.82 Å². The van der Waals surface area contributed by atoms with Crippen LogP contribution in [0.3, 0.4) is 0 Å². The zero-order valence-corrected chi connectivity index (χ0v) is 19.2. The Hall–Kier alpha value is -3.41. The predicted octanol–water partition coefficient (Wildman–Crippen LogP) is 3.96. The van der Waals surface area contributed by atoms with E-state index < -0.39 is 11.0 Å². The number of hydrogen-bond acceptors (Lipinski definition) is 7. The lowest BCUT2D eigenvalue weighted by atomic mass is 9.77. The summed E-state index contributed by atoms with van der Waals surface area (Å²) >= 11 is 0. The first-order chi connectivity index (χ1) is 15.8. The molecule has 2 atom stereocenters. The van der Waals surface area contributed by atoms with Crippen LogP contribution in [0.4, 0.5) is 4.79 Å². The summed E-state index contributed by atoms with van der Waals surface area (Å²) in [5.41, 5.74) is 1.55. The largest absolute Gasteiger partial charge is 0.441 e. The van der Waals surface area contributed by atoms with Crippen molar-refractivity contribution >= 4 is 17.1 Å². The van der Waals surface area contributed by atoms with E-state index in [2.05, 4.69) is 25.8 Å². The van der Waals surface area contributed by atoms with Gasteiger partial charge < -0.3 is 18.7 Å². The van der Waals surface area contributed by atoms with Crippen LogP contribution >= 0.6 is 0 Å². The van der Waals surface area contributed by atoms with Crippen LogP contribution in [0.15, 0.2) is 29.0 Å². The Kier molecular flexibility index (Phi) is 5.11. The van der Waals surface area contributed by atoms with Crippen molar-refractivity contribution in [2.45, 2.75) is 64.0 Å². The van der Waals surface area contributed by atoms with Crippen LogP contribution in [0.25, 0.3) is 11.0 Å². The molecule has 2 aliphatic rings. The average molecular weight is 449 g/mol. The van der Waals surface area contributed by atoms with Gasteiger partial charge in [0.1, 0.15) is 5.60 Å². The van der Waals surface area contributed by atoms with Crippen LogP contribution in [0.1, 0.15) is 56.8 Å².